The highest BCUT2D eigenvalue weighted by molar-refractivity contribution is 7.91. The van der Waals surface area contributed by atoms with E-state index >= 15 is 0 Å². The van der Waals surface area contributed by atoms with Crippen molar-refractivity contribution in [1.82, 2.24) is 5.32 Å². The minimum atomic E-state index is -4.67. The number of hydrogen-bond acceptors (Lipinski definition) is 5. The summed E-state index contributed by atoms with van der Waals surface area (Å²) in [5.74, 6) is 0. The average Bonchev–Trinajstić information content (AvgIpc) is 2.74. The number of nitrogens with one attached hydrogen (secondary N) is 1. The number of aliphatic hydroxyl groups excluding tert-OH is 1. The molecule has 0 aliphatic heterocycles. The molecule has 1 unspecified atom stereocenters. The van der Waals surface area contributed by atoms with Crippen molar-refractivity contribution in [3.63, 3.8) is 0 Å². The van der Waals surface area contributed by atoms with Gasteiger partial charge in [-0.3, -0.25) is 0 Å². The highest BCUT2D eigenvalue weighted by atomic mass is 35.5. The van der Waals surface area contributed by atoms with Gasteiger partial charge in [-0.05, 0) is 69.0 Å². The van der Waals surface area contributed by atoms with Crippen molar-refractivity contribution >= 4 is 27.5 Å². The molecule has 11 heteroatoms. The van der Waals surface area contributed by atoms with Gasteiger partial charge in [0.1, 0.15) is 0 Å². The van der Waals surface area contributed by atoms with Crippen molar-refractivity contribution in [1.29, 1.82) is 0 Å². The predicted octanol–water partition coefficient (Wildman–Crippen LogP) is 5.01. The van der Waals surface area contributed by atoms with Gasteiger partial charge in [-0.1, -0.05) is 23.7 Å². The van der Waals surface area contributed by atoms with Crippen LogP contribution in [0.4, 0.5) is 18.0 Å². The topological polar surface area (TPSA) is 92.7 Å². The van der Waals surface area contributed by atoms with Crippen molar-refractivity contribution in [3.8, 4) is 0 Å². The van der Waals surface area contributed by atoms with Crippen LogP contribution in [0.15, 0.2) is 52.3 Å². The van der Waals surface area contributed by atoms with Crippen LogP contribution < -0.4 is 5.32 Å². The summed E-state index contributed by atoms with van der Waals surface area (Å²) in [6.07, 6.45) is -4.00. The number of rotatable bonds is 9. The number of carbonyl (C=O) groups excluding carboxylic acids is 1. The quantitative estimate of drug-likeness (QED) is 0.497. The number of aliphatic hydroxyl groups is 1. The predicted molar refractivity (Wildman–Crippen MR) is 117 cm³/mol. The molecule has 1 atom stereocenters. The number of aryl methyl sites for hydroxylation is 1. The molecule has 0 saturated heterocycles. The Kier molecular flexibility index (Phi) is 8.78. The molecule has 2 N–H and O–H groups in total. The first kappa shape index (κ1) is 26.9. The Hall–Kier alpha value is -2.30. The van der Waals surface area contributed by atoms with Gasteiger partial charge in [0, 0.05) is 5.02 Å². The zero-order chi connectivity index (χ0) is 24.9. The van der Waals surface area contributed by atoms with Gasteiger partial charge in [0.2, 0.25) is 9.84 Å². The Morgan fingerprint density at radius 3 is 2.39 bits per heavy atom. The number of alkyl carbamates (subject to hydrolysis) is 1. The van der Waals surface area contributed by atoms with Crippen LogP contribution in [0.1, 0.15) is 37.8 Å². The van der Waals surface area contributed by atoms with Gasteiger partial charge in [-0.2, -0.15) is 13.2 Å². The van der Waals surface area contributed by atoms with Crippen LogP contribution >= 0.6 is 11.6 Å². The number of benzene rings is 2. The summed E-state index contributed by atoms with van der Waals surface area (Å²) in [5.41, 5.74) is -1.35. The van der Waals surface area contributed by atoms with Gasteiger partial charge >= 0.3 is 12.3 Å². The highest BCUT2D eigenvalue weighted by Gasteiger charge is 2.32. The van der Waals surface area contributed by atoms with Crippen LogP contribution in [0, 0.1) is 0 Å². The van der Waals surface area contributed by atoms with Crippen LogP contribution in [0.2, 0.25) is 5.02 Å². The molecule has 0 spiro atoms. The standard InChI is InChI=1S/C22H25ClF3NO5S/c1-3-32-20(29)27-21(2,14-28)11-5-6-15-9-10-18(13-19(15)23)33(30,31)17-8-4-7-16(12-17)22(24,25)26/h4,7-10,12-13,28H,3,5-6,11,14H2,1-2H3,(H,27,29). The van der Waals surface area contributed by atoms with Crippen LogP contribution in [-0.4, -0.2) is 38.4 Å². The third kappa shape index (κ3) is 7.09. The summed E-state index contributed by atoms with van der Waals surface area (Å²) >= 11 is 6.25. The molecular formula is C22H25ClF3NO5S. The maximum Gasteiger partial charge on any atom is 0.416 e. The first-order valence-electron chi connectivity index (χ1n) is 10.1. The molecule has 0 heterocycles. The summed E-state index contributed by atoms with van der Waals surface area (Å²) in [4.78, 5) is 10.9. The average molecular weight is 508 g/mol. The minimum absolute atomic E-state index is 0.145. The lowest BCUT2D eigenvalue weighted by Gasteiger charge is -2.28. The third-order valence-corrected chi connectivity index (χ3v) is 7.11. The molecule has 2 aromatic rings. The van der Waals surface area contributed by atoms with E-state index in [1.807, 2.05) is 0 Å². The fourth-order valence-corrected chi connectivity index (χ4v) is 4.81. The first-order valence-corrected chi connectivity index (χ1v) is 11.9. The van der Waals surface area contributed by atoms with Crippen LogP contribution in [0.3, 0.4) is 0 Å². The molecule has 0 radical (unpaired) electrons. The van der Waals surface area contributed by atoms with E-state index in [-0.39, 0.29) is 23.1 Å². The van der Waals surface area contributed by atoms with Crippen molar-refractivity contribution in [2.75, 3.05) is 13.2 Å². The van der Waals surface area contributed by atoms with Crippen molar-refractivity contribution in [2.24, 2.45) is 0 Å². The van der Waals surface area contributed by atoms with E-state index in [1.165, 1.54) is 18.2 Å². The lowest BCUT2D eigenvalue weighted by Crippen LogP contribution is -2.49. The number of hydrogen-bond donors (Lipinski definition) is 2. The zero-order valence-corrected chi connectivity index (χ0v) is 19.6. The molecule has 0 fully saturated rings. The Balaban J connectivity index is 2.14. The highest BCUT2D eigenvalue weighted by Crippen LogP contribution is 2.33. The summed E-state index contributed by atoms with van der Waals surface area (Å²) in [5, 5.41) is 12.4. The van der Waals surface area contributed by atoms with E-state index in [0.717, 1.165) is 18.2 Å². The van der Waals surface area contributed by atoms with Gasteiger partial charge in [0.05, 0.1) is 34.1 Å². The molecule has 6 nitrogen and oxygen atoms in total. The number of alkyl halides is 3. The van der Waals surface area contributed by atoms with E-state index in [4.69, 9.17) is 16.3 Å². The third-order valence-electron chi connectivity index (χ3n) is 5.01. The van der Waals surface area contributed by atoms with E-state index in [2.05, 4.69) is 5.32 Å². The van der Waals surface area contributed by atoms with Crippen molar-refractivity contribution < 1.29 is 36.2 Å². The first-order chi connectivity index (χ1) is 15.3. The molecule has 182 valence electrons. The molecule has 2 rings (SSSR count). The SMILES string of the molecule is CCOC(=O)NC(C)(CO)CCCc1ccc(S(=O)(=O)c2cccc(C(F)(F)F)c2)cc1Cl. The van der Waals surface area contributed by atoms with Gasteiger partial charge in [0.25, 0.3) is 0 Å². The van der Waals surface area contributed by atoms with Crippen molar-refractivity contribution in [3.05, 3.63) is 58.6 Å². The summed E-state index contributed by atoms with van der Waals surface area (Å²) < 4.78 is 69.3. The van der Waals surface area contributed by atoms with Gasteiger partial charge in [-0.25, -0.2) is 13.2 Å². The van der Waals surface area contributed by atoms with Gasteiger partial charge in [-0.15, -0.1) is 0 Å². The fourth-order valence-electron chi connectivity index (χ4n) is 3.14. The normalized spacial score (nSPS) is 13.9. The lowest BCUT2D eigenvalue weighted by molar-refractivity contribution is -0.137. The molecular weight excluding hydrogens is 483 g/mol. The Labute approximate surface area is 195 Å². The Morgan fingerprint density at radius 2 is 1.82 bits per heavy atom. The maximum atomic E-state index is 13.0. The second kappa shape index (κ2) is 10.8. The summed E-state index contributed by atoms with van der Waals surface area (Å²) in [7, 11) is -4.21. The van der Waals surface area contributed by atoms with Crippen LogP contribution in [0.25, 0.3) is 0 Å². The number of ether oxygens (including phenoxy) is 1. The number of amides is 1. The molecule has 0 bridgehead atoms. The van der Waals surface area contributed by atoms with Crippen LogP contribution in [0.5, 0.6) is 0 Å². The Morgan fingerprint density at radius 1 is 1.15 bits per heavy atom. The molecule has 33 heavy (non-hydrogen) atoms. The monoisotopic (exact) mass is 507 g/mol. The fraction of sp³-hybridized carbons (Fsp3) is 0.409. The largest absolute Gasteiger partial charge is 0.450 e. The molecule has 0 saturated carbocycles. The van der Waals surface area contributed by atoms with E-state index in [0.29, 0.717) is 30.9 Å². The minimum Gasteiger partial charge on any atom is -0.450 e. The molecule has 0 aromatic heterocycles. The van der Waals surface area contributed by atoms with Crippen LogP contribution in [-0.2, 0) is 27.2 Å². The van der Waals surface area contributed by atoms with Gasteiger partial charge < -0.3 is 15.2 Å². The molecule has 1 amide bonds. The van der Waals surface area contributed by atoms with E-state index in [9.17, 15) is 31.5 Å². The summed E-state index contributed by atoms with van der Waals surface area (Å²) in [6, 6.07) is 7.51. The summed E-state index contributed by atoms with van der Waals surface area (Å²) in [6.45, 7) is 3.21. The number of halogens is 4. The van der Waals surface area contributed by atoms with E-state index < -0.39 is 38.1 Å². The molecule has 2 aromatic carbocycles. The molecule has 0 aliphatic carbocycles. The molecule has 0 aliphatic rings. The lowest BCUT2D eigenvalue weighted by atomic mass is 9.94. The number of sulfone groups is 1. The van der Waals surface area contributed by atoms with Crippen molar-refractivity contribution in [2.45, 2.75) is 54.6 Å². The van der Waals surface area contributed by atoms with Gasteiger partial charge in [0.15, 0.2) is 0 Å². The van der Waals surface area contributed by atoms with E-state index in [1.54, 1.807) is 13.8 Å². The second-order valence-corrected chi connectivity index (χ2v) is 10.1. The smallest absolute Gasteiger partial charge is 0.416 e. The second-order valence-electron chi connectivity index (χ2n) is 7.70. The maximum absolute atomic E-state index is 13.0. The number of carbonyl (C=O) groups is 1. The Bertz CT molecular complexity index is 1090. The zero-order valence-electron chi connectivity index (χ0n) is 18.1.